The van der Waals surface area contributed by atoms with E-state index >= 15 is 0 Å². The van der Waals surface area contributed by atoms with Gasteiger partial charge >= 0.3 is 11.8 Å². The minimum Gasteiger partial charge on any atom is -0.344 e. The number of amides is 2. The largest absolute Gasteiger partial charge is 0.344 e. The predicted molar refractivity (Wildman–Crippen MR) is 97.0 cm³/mol. The van der Waals surface area contributed by atoms with Crippen LogP contribution in [0.1, 0.15) is 37.5 Å². The third-order valence-corrected chi connectivity index (χ3v) is 3.57. The van der Waals surface area contributed by atoms with Crippen LogP contribution in [0.15, 0.2) is 53.9 Å². The van der Waals surface area contributed by atoms with Crippen molar-refractivity contribution in [1.82, 2.24) is 15.7 Å². The third kappa shape index (κ3) is 5.84. The molecule has 0 saturated carbocycles. The van der Waals surface area contributed by atoms with Crippen LogP contribution in [0.4, 0.5) is 0 Å². The van der Waals surface area contributed by atoms with E-state index in [1.807, 2.05) is 24.3 Å². The maximum absolute atomic E-state index is 11.7. The highest BCUT2D eigenvalue weighted by molar-refractivity contribution is 6.35. The van der Waals surface area contributed by atoms with Crippen molar-refractivity contribution in [2.75, 3.05) is 0 Å². The number of hydrogen-bond acceptors (Lipinski definition) is 4. The minimum absolute atomic E-state index is 0.0802. The number of aromatic nitrogens is 1. The van der Waals surface area contributed by atoms with E-state index in [0.717, 1.165) is 11.1 Å². The Morgan fingerprint density at radius 3 is 2.28 bits per heavy atom. The van der Waals surface area contributed by atoms with Gasteiger partial charge in [-0.25, -0.2) is 5.43 Å². The molecule has 0 aliphatic carbocycles. The highest BCUT2D eigenvalue weighted by atomic mass is 16.2. The van der Waals surface area contributed by atoms with Gasteiger partial charge in [0.2, 0.25) is 0 Å². The summed E-state index contributed by atoms with van der Waals surface area (Å²) in [6, 6.07) is 11.4. The summed E-state index contributed by atoms with van der Waals surface area (Å²) in [5, 5.41) is 6.33. The average molecular weight is 338 g/mol. The molecular weight excluding hydrogens is 316 g/mol. The Hall–Kier alpha value is -3.02. The molecule has 0 aliphatic heterocycles. The van der Waals surface area contributed by atoms with Gasteiger partial charge in [-0.15, -0.1) is 0 Å². The van der Waals surface area contributed by atoms with E-state index in [9.17, 15) is 9.59 Å². The Balaban J connectivity index is 1.82. The van der Waals surface area contributed by atoms with Gasteiger partial charge in [0.1, 0.15) is 0 Å². The first-order valence-electron chi connectivity index (χ1n) is 7.97. The van der Waals surface area contributed by atoms with Crippen molar-refractivity contribution in [3.05, 3.63) is 65.5 Å². The van der Waals surface area contributed by atoms with Gasteiger partial charge in [-0.1, -0.05) is 45.0 Å². The minimum atomic E-state index is -0.809. The zero-order valence-electron chi connectivity index (χ0n) is 14.6. The predicted octanol–water partition coefficient (Wildman–Crippen LogP) is 2.15. The molecule has 2 N–H and O–H groups in total. The molecule has 1 aromatic carbocycles. The van der Waals surface area contributed by atoms with Crippen LogP contribution in [0, 0.1) is 0 Å². The highest BCUT2D eigenvalue weighted by Crippen LogP contribution is 2.21. The Kier molecular flexibility index (Phi) is 6.00. The summed E-state index contributed by atoms with van der Waals surface area (Å²) in [4.78, 5) is 27.3. The summed E-state index contributed by atoms with van der Waals surface area (Å²) >= 11 is 0. The van der Waals surface area contributed by atoms with Gasteiger partial charge in [0.15, 0.2) is 0 Å². The maximum atomic E-state index is 11.7. The molecule has 0 radical (unpaired) electrons. The number of nitrogens with zero attached hydrogens (tertiary/aromatic N) is 2. The first-order chi connectivity index (χ1) is 11.9. The normalized spacial score (nSPS) is 11.3. The topological polar surface area (TPSA) is 83.5 Å². The van der Waals surface area contributed by atoms with E-state index in [1.165, 1.54) is 11.8 Å². The van der Waals surface area contributed by atoms with Crippen LogP contribution in [-0.2, 0) is 21.5 Å². The van der Waals surface area contributed by atoms with Crippen molar-refractivity contribution in [3.63, 3.8) is 0 Å². The molecule has 0 fully saturated rings. The number of hydrazone groups is 1. The summed E-state index contributed by atoms with van der Waals surface area (Å²) in [6.45, 7) is 6.68. The molecule has 0 aliphatic rings. The lowest BCUT2D eigenvalue weighted by molar-refractivity contribution is -0.139. The van der Waals surface area contributed by atoms with E-state index in [1.54, 1.807) is 24.5 Å². The number of benzene rings is 1. The Bertz CT molecular complexity index is 747. The first kappa shape index (κ1) is 18.3. The smallest absolute Gasteiger partial charge is 0.329 e. The highest BCUT2D eigenvalue weighted by Gasteiger charge is 2.13. The van der Waals surface area contributed by atoms with Crippen LogP contribution in [-0.4, -0.2) is 23.0 Å². The molecule has 2 amide bonds. The number of hydrogen-bond donors (Lipinski definition) is 2. The molecule has 1 heterocycles. The molecule has 6 heteroatoms. The fourth-order valence-electron chi connectivity index (χ4n) is 2.05. The molecule has 6 nitrogen and oxygen atoms in total. The molecule has 1 aromatic heterocycles. The Morgan fingerprint density at radius 2 is 1.68 bits per heavy atom. The van der Waals surface area contributed by atoms with Crippen molar-refractivity contribution >= 4 is 18.0 Å². The Labute approximate surface area is 147 Å². The summed E-state index contributed by atoms with van der Waals surface area (Å²) in [6.07, 6.45) is 4.74. The van der Waals surface area contributed by atoms with E-state index in [-0.39, 0.29) is 12.0 Å². The van der Waals surface area contributed by atoms with Crippen molar-refractivity contribution in [1.29, 1.82) is 0 Å². The van der Waals surface area contributed by atoms with Crippen molar-refractivity contribution < 1.29 is 9.59 Å². The third-order valence-electron chi connectivity index (χ3n) is 3.57. The van der Waals surface area contributed by atoms with Gasteiger partial charge in [0.25, 0.3) is 0 Å². The van der Waals surface area contributed by atoms with Gasteiger partial charge in [0, 0.05) is 18.9 Å². The molecule has 0 atom stereocenters. The monoisotopic (exact) mass is 338 g/mol. The molecule has 2 rings (SSSR count). The SMILES string of the molecule is CC(C)(C)c1ccc(/C=N\NC(=O)C(=O)NCc2ccncc2)cc1. The number of carbonyl (C=O) groups is 2. The van der Waals surface area contributed by atoms with E-state index in [2.05, 4.69) is 41.6 Å². The van der Waals surface area contributed by atoms with Crippen molar-refractivity contribution in [2.24, 2.45) is 5.10 Å². The second-order valence-electron chi connectivity index (χ2n) is 6.61. The number of pyridine rings is 1. The lowest BCUT2D eigenvalue weighted by Gasteiger charge is -2.18. The van der Waals surface area contributed by atoms with E-state index in [4.69, 9.17) is 0 Å². The molecule has 25 heavy (non-hydrogen) atoms. The zero-order valence-corrected chi connectivity index (χ0v) is 14.6. The molecule has 2 aromatic rings. The number of carbonyl (C=O) groups excluding carboxylic acids is 2. The van der Waals surface area contributed by atoms with Crippen LogP contribution in [0.5, 0.6) is 0 Å². The zero-order chi connectivity index (χ0) is 18.3. The van der Waals surface area contributed by atoms with Crippen LogP contribution < -0.4 is 10.7 Å². The lowest BCUT2D eigenvalue weighted by atomic mass is 9.87. The second-order valence-corrected chi connectivity index (χ2v) is 6.61. The molecule has 0 spiro atoms. The summed E-state index contributed by atoms with van der Waals surface area (Å²) < 4.78 is 0. The van der Waals surface area contributed by atoms with Gasteiger partial charge in [-0.3, -0.25) is 14.6 Å². The Morgan fingerprint density at radius 1 is 1.04 bits per heavy atom. The number of rotatable bonds is 4. The molecular formula is C19H22N4O2. The molecule has 0 bridgehead atoms. The van der Waals surface area contributed by atoms with Gasteiger partial charge in [-0.2, -0.15) is 5.10 Å². The molecule has 130 valence electrons. The van der Waals surface area contributed by atoms with Crippen LogP contribution >= 0.6 is 0 Å². The van der Waals surface area contributed by atoms with E-state index in [0.29, 0.717) is 0 Å². The van der Waals surface area contributed by atoms with Crippen LogP contribution in [0.2, 0.25) is 0 Å². The summed E-state index contributed by atoms with van der Waals surface area (Å²) in [7, 11) is 0. The van der Waals surface area contributed by atoms with E-state index < -0.39 is 11.8 Å². The standard InChI is InChI=1S/C19H22N4O2/c1-19(2,3)16-6-4-14(5-7-16)13-22-23-18(25)17(24)21-12-15-8-10-20-11-9-15/h4-11,13H,12H2,1-3H3,(H,21,24)(H,23,25)/b22-13-. The lowest BCUT2D eigenvalue weighted by Crippen LogP contribution is -2.37. The van der Waals surface area contributed by atoms with Crippen LogP contribution in [0.25, 0.3) is 0 Å². The van der Waals surface area contributed by atoms with Crippen LogP contribution in [0.3, 0.4) is 0 Å². The van der Waals surface area contributed by atoms with Crippen molar-refractivity contribution in [3.8, 4) is 0 Å². The van der Waals surface area contributed by atoms with Gasteiger partial charge in [-0.05, 0) is 34.2 Å². The summed E-state index contributed by atoms with van der Waals surface area (Å²) in [5.41, 5.74) is 5.21. The first-order valence-corrected chi connectivity index (χ1v) is 7.97. The van der Waals surface area contributed by atoms with Gasteiger partial charge < -0.3 is 5.32 Å². The molecule has 0 saturated heterocycles. The van der Waals surface area contributed by atoms with Gasteiger partial charge in [0.05, 0.1) is 6.21 Å². The average Bonchev–Trinajstić information content (AvgIpc) is 2.60. The fraction of sp³-hybridized carbons (Fsp3) is 0.263. The second kappa shape index (κ2) is 8.19. The quantitative estimate of drug-likeness (QED) is 0.509. The fourth-order valence-corrected chi connectivity index (χ4v) is 2.05. The summed E-state index contributed by atoms with van der Waals surface area (Å²) in [5.74, 6) is -1.55. The van der Waals surface area contributed by atoms with Crippen molar-refractivity contribution in [2.45, 2.75) is 32.7 Å². The molecule has 0 unspecified atom stereocenters. The number of nitrogens with one attached hydrogen (secondary N) is 2. The maximum Gasteiger partial charge on any atom is 0.329 e.